The van der Waals surface area contributed by atoms with Gasteiger partial charge < -0.3 is 9.84 Å². The van der Waals surface area contributed by atoms with Crippen LogP contribution in [0.4, 0.5) is 0 Å². The molecule has 1 saturated carbocycles. The van der Waals surface area contributed by atoms with Crippen LogP contribution in [0.25, 0.3) is 0 Å². The molecule has 116 valence electrons. The van der Waals surface area contributed by atoms with E-state index in [1.807, 2.05) is 0 Å². The van der Waals surface area contributed by atoms with E-state index in [9.17, 15) is 13.2 Å². The van der Waals surface area contributed by atoms with Crippen LogP contribution in [0.1, 0.15) is 12.8 Å². The van der Waals surface area contributed by atoms with Gasteiger partial charge in [0.25, 0.3) is 0 Å². The van der Waals surface area contributed by atoms with E-state index in [4.69, 9.17) is 21.4 Å². The van der Waals surface area contributed by atoms with Crippen LogP contribution in [0.3, 0.4) is 0 Å². The molecule has 2 N–H and O–H groups in total. The molecule has 0 saturated heterocycles. The number of methoxy groups -OCH3 is 1. The number of carboxylic acids is 1. The van der Waals surface area contributed by atoms with Gasteiger partial charge in [-0.15, -0.1) is 0 Å². The smallest absolute Gasteiger partial charge is 0.306 e. The SMILES string of the molecule is COC1(CNS(=O)(=O)c2ccc(Cl)cc2)CC(C(=O)O)C1. The highest BCUT2D eigenvalue weighted by Gasteiger charge is 2.48. The van der Waals surface area contributed by atoms with Gasteiger partial charge in [-0.1, -0.05) is 11.6 Å². The minimum absolute atomic E-state index is 0.0399. The molecule has 21 heavy (non-hydrogen) atoms. The molecule has 0 atom stereocenters. The predicted octanol–water partition coefficient (Wildman–Crippen LogP) is 1.50. The van der Waals surface area contributed by atoms with E-state index >= 15 is 0 Å². The van der Waals surface area contributed by atoms with Crippen molar-refractivity contribution in [3.63, 3.8) is 0 Å². The molecule has 6 nitrogen and oxygen atoms in total. The Hall–Kier alpha value is -1.15. The lowest BCUT2D eigenvalue weighted by Gasteiger charge is -2.44. The highest BCUT2D eigenvalue weighted by Crippen LogP contribution is 2.40. The third-order valence-electron chi connectivity index (χ3n) is 3.73. The maximum absolute atomic E-state index is 12.1. The molecule has 0 spiro atoms. The number of hydrogen-bond donors (Lipinski definition) is 2. The van der Waals surface area contributed by atoms with Crippen LogP contribution in [0, 0.1) is 5.92 Å². The van der Waals surface area contributed by atoms with E-state index in [1.54, 1.807) is 0 Å². The van der Waals surface area contributed by atoms with E-state index in [0.717, 1.165) is 0 Å². The first-order valence-corrected chi connectivity index (χ1v) is 8.17. The molecule has 0 radical (unpaired) electrons. The van der Waals surface area contributed by atoms with Gasteiger partial charge in [0.1, 0.15) is 0 Å². The lowest BCUT2D eigenvalue weighted by molar-refractivity contribution is -0.161. The first-order chi connectivity index (χ1) is 9.78. The van der Waals surface area contributed by atoms with Crippen molar-refractivity contribution in [2.24, 2.45) is 5.92 Å². The predicted molar refractivity (Wildman–Crippen MR) is 76.7 cm³/mol. The third kappa shape index (κ3) is 3.55. The van der Waals surface area contributed by atoms with Crippen LogP contribution in [0.2, 0.25) is 5.02 Å². The molecule has 1 fully saturated rings. The van der Waals surface area contributed by atoms with Gasteiger partial charge in [-0.3, -0.25) is 4.79 Å². The average molecular weight is 334 g/mol. The minimum atomic E-state index is -3.67. The Balaban J connectivity index is 2.01. The van der Waals surface area contributed by atoms with Gasteiger partial charge >= 0.3 is 5.97 Å². The zero-order valence-corrected chi connectivity index (χ0v) is 12.9. The van der Waals surface area contributed by atoms with Crippen LogP contribution in [0.15, 0.2) is 29.2 Å². The van der Waals surface area contributed by atoms with E-state index in [0.29, 0.717) is 17.9 Å². The molecule has 0 bridgehead atoms. The zero-order chi connectivity index (χ0) is 15.7. The maximum atomic E-state index is 12.1. The fourth-order valence-corrected chi connectivity index (χ4v) is 3.56. The van der Waals surface area contributed by atoms with Crippen molar-refractivity contribution < 1.29 is 23.1 Å². The van der Waals surface area contributed by atoms with Crippen molar-refractivity contribution in [1.82, 2.24) is 4.72 Å². The molecule has 0 aromatic heterocycles. The number of sulfonamides is 1. The summed E-state index contributed by atoms with van der Waals surface area (Å²) in [5.41, 5.74) is -0.747. The number of benzene rings is 1. The summed E-state index contributed by atoms with van der Waals surface area (Å²) < 4.78 is 32.0. The molecule has 1 aromatic rings. The molecule has 1 aromatic carbocycles. The Morgan fingerprint density at radius 1 is 1.43 bits per heavy atom. The van der Waals surface area contributed by atoms with Crippen molar-refractivity contribution in [2.75, 3.05) is 13.7 Å². The normalized spacial score (nSPS) is 25.3. The Kier molecular flexibility index (Phi) is 4.57. The topological polar surface area (TPSA) is 92.7 Å². The van der Waals surface area contributed by atoms with E-state index in [2.05, 4.69) is 4.72 Å². The van der Waals surface area contributed by atoms with Gasteiger partial charge in [-0.25, -0.2) is 13.1 Å². The molecule has 1 aliphatic rings. The summed E-state index contributed by atoms with van der Waals surface area (Å²) in [4.78, 5) is 10.9. The molecular weight excluding hydrogens is 318 g/mol. The number of nitrogens with one attached hydrogen (secondary N) is 1. The molecule has 1 aliphatic carbocycles. The van der Waals surface area contributed by atoms with Gasteiger partial charge in [-0.05, 0) is 37.1 Å². The van der Waals surface area contributed by atoms with Crippen molar-refractivity contribution in [1.29, 1.82) is 0 Å². The highest BCUT2D eigenvalue weighted by molar-refractivity contribution is 7.89. The minimum Gasteiger partial charge on any atom is -0.481 e. The van der Waals surface area contributed by atoms with E-state index in [1.165, 1.54) is 31.4 Å². The van der Waals surface area contributed by atoms with Gasteiger partial charge in [-0.2, -0.15) is 0 Å². The van der Waals surface area contributed by atoms with Crippen LogP contribution < -0.4 is 4.72 Å². The Bertz CT molecular complexity index is 622. The summed E-state index contributed by atoms with van der Waals surface area (Å²) in [6.45, 7) is 0.0399. The summed E-state index contributed by atoms with van der Waals surface area (Å²) in [6.07, 6.45) is 0.587. The number of halogens is 1. The second-order valence-electron chi connectivity index (χ2n) is 5.11. The standard InChI is InChI=1S/C13H16ClNO5S/c1-20-13(6-9(7-13)12(16)17)8-15-21(18,19)11-4-2-10(14)3-5-11/h2-5,9,15H,6-8H2,1H3,(H,16,17). The molecule has 0 unspecified atom stereocenters. The lowest BCUT2D eigenvalue weighted by atomic mass is 9.71. The maximum Gasteiger partial charge on any atom is 0.306 e. The lowest BCUT2D eigenvalue weighted by Crippen LogP contribution is -2.55. The Labute approximate surface area is 128 Å². The summed E-state index contributed by atoms with van der Waals surface area (Å²) >= 11 is 5.72. The first-order valence-electron chi connectivity index (χ1n) is 6.31. The summed E-state index contributed by atoms with van der Waals surface area (Å²) in [5, 5.41) is 9.34. The number of carboxylic acid groups (broad SMARTS) is 1. The molecular formula is C13H16ClNO5S. The van der Waals surface area contributed by atoms with E-state index in [-0.39, 0.29) is 11.4 Å². The number of carbonyl (C=O) groups is 1. The molecule has 0 amide bonds. The number of aliphatic carboxylic acids is 1. The van der Waals surface area contributed by atoms with Crippen LogP contribution in [0.5, 0.6) is 0 Å². The van der Waals surface area contributed by atoms with E-state index < -0.39 is 27.5 Å². The monoisotopic (exact) mass is 333 g/mol. The Morgan fingerprint density at radius 3 is 2.48 bits per heavy atom. The summed E-state index contributed by atoms with van der Waals surface area (Å²) in [5.74, 6) is -1.37. The zero-order valence-electron chi connectivity index (χ0n) is 11.4. The van der Waals surface area contributed by atoms with Crippen molar-refractivity contribution in [3.05, 3.63) is 29.3 Å². The van der Waals surface area contributed by atoms with Gasteiger partial charge in [0.15, 0.2) is 0 Å². The highest BCUT2D eigenvalue weighted by atomic mass is 35.5. The fourth-order valence-electron chi connectivity index (χ4n) is 2.32. The second-order valence-corrected chi connectivity index (χ2v) is 7.31. The third-order valence-corrected chi connectivity index (χ3v) is 5.40. The Morgan fingerprint density at radius 2 is 2.00 bits per heavy atom. The molecule has 0 heterocycles. The first kappa shape index (κ1) is 16.2. The van der Waals surface area contributed by atoms with Gasteiger partial charge in [0, 0.05) is 18.7 Å². The number of ether oxygens (including phenoxy) is 1. The summed E-state index contributed by atoms with van der Waals surface area (Å²) in [6, 6.07) is 5.80. The number of rotatable bonds is 6. The fraction of sp³-hybridized carbons (Fsp3) is 0.462. The van der Waals surface area contributed by atoms with Gasteiger partial charge in [0.05, 0.1) is 16.4 Å². The van der Waals surface area contributed by atoms with Gasteiger partial charge in [0.2, 0.25) is 10.0 Å². The van der Waals surface area contributed by atoms with Crippen molar-refractivity contribution in [3.8, 4) is 0 Å². The molecule has 2 rings (SSSR count). The van der Waals surface area contributed by atoms with Crippen molar-refractivity contribution in [2.45, 2.75) is 23.3 Å². The number of hydrogen-bond acceptors (Lipinski definition) is 4. The van der Waals surface area contributed by atoms with Crippen LogP contribution >= 0.6 is 11.6 Å². The molecule has 8 heteroatoms. The van der Waals surface area contributed by atoms with Crippen molar-refractivity contribution >= 4 is 27.6 Å². The average Bonchev–Trinajstić information content (AvgIpc) is 2.38. The summed E-state index contributed by atoms with van der Waals surface area (Å²) in [7, 11) is -2.22. The van der Waals surface area contributed by atoms with Crippen LogP contribution in [-0.2, 0) is 19.6 Å². The molecule has 0 aliphatic heterocycles. The quantitative estimate of drug-likeness (QED) is 0.823. The second kappa shape index (κ2) is 5.92. The van der Waals surface area contributed by atoms with Crippen LogP contribution in [-0.4, -0.2) is 38.7 Å². The largest absolute Gasteiger partial charge is 0.481 e.